The van der Waals surface area contributed by atoms with Gasteiger partial charge in [-0.05, 0) is 92.6 Å². The smallest absolute Gasteiger partial charge is 0.123 e. The third-order valence-corrected chi connectivity index (χ3v) is 9.60. The van der Waals surface area contributed by atoms with Crippen LogP contribution >= 0.6 is 0 Å². The molecule has 2 aromatic carbocycles. The quantitative estimate of drug-likeness (QED) is 0.380. The Kier molecular flexibility index (Phi) is 7.21. The molecule has 1 atom stereocenters. The van der Waals surface area contributed by atoms with Gasteiger partial charge in [0.1, 0.15) is 5.82 Å². The molecule has 0 N–H and O–H groups in total. The monoisotopic (exact) mass is 511 g/mol. The predicted molar refractivity (Wildman–Crippen MR) is 148 cm³/mol. The van der Waals surface area contributed by atoms with Gasteiger partial charge in [0.05, 0.1) is 18.0 Å². The molecule has 1 aromatic heterocycles. The van der Waals surface area contributed by atoms with Gasteiger partial charge in [-0.2, -0.15) is 5.26 Å². The van der Waals surface area contributed by atoms with Crippen molar-refractivity contribution in [2.75, 3.05) is 37.6 Å². The third-order valence-electron chi connectivity index (χ3n) is 9.60. The number of hydrogen-bond acceptors (Lipinski definition) is 4. The van der Waals surface area contributed by atoms with E-state index in [1.165, 1.54) is 36.9 Å². The van der Waals surface area contributed by atoms with E-state index in [-0.39, 0.29) is 11.2 Å². The lowest BCUT2D eigenvalue weighted by atomic mass is 9.59. The van der Waals surface area contributed by atoms with Crippen LogP contribution in [0.2, 0.25) is 0 Å². The first-order chi connectivity index (χ1) is 18.6. The minimum atomic E-state index is -0.121. The fraction of sp³-hybridized carbons (Fsp3) is 0.500. The average molecular weight is 512 g/mol. The Labute approximate surface area is 225 Å². The standard InChI is InChI=1S/C32H38FN5/c33-30-7-3-6-29(18-30)32(27-4-1-2-5-27,23-37-17-14-35-24-37)28-12-15-36(16-13-28)20-26-21-38(22-26)31-10-8-25(19-34)9-11-31/h3,6-11,14,17-18,24,26-28H,1-2,4-5,12-13,15-16,20-23H2. The first-order valence-corrected chi connectivity index (χ1v) is 14.3. The molecule has 0 radical (unpaired) electrons. The zero-order valence-electron chi connectivity index (χ0n) is 22.2. The van der Waals surface area contributed by atoms with Crippen molar-refractivity contribution in [3.05, 3.63) is 84.2 Å². The first kappa shape index (κ1) is 25.1. The molecule has 6 rings (SSSR count). The van der Waals surface area contributed by atoms with Crippen LogP contribution < -0.4 is 4.90 Å². The molecule has 3 heterocycles. The number of likely N-dealkylation sites (tertiary alicyclic amines) is 1. The minimum Gasteiger partial charge on any atom is -0.371 e. The summed E-state index contributed by atoms with van der Waals surface area (Å²) in [6, 6.07) is 17.7. The summed E-state index contributed by atoms with van der Waals surface area (Å²) in [4.78, 5) is 9.43. The Balaban J connectivity index is 1.15. The van der Waals surface area contributed by atoms with Gasteiger partial charge in [0.25, 0.3) is 0 Å². The van der Waals surface area contributed by atoms with Crippen LogP contribution in [-0.4, -0.2) is 47.2 Å². The van der Waals surface area contributed by atoms with E-state index < -0.39 is 0 Å². The van der Waals surface area contributed by atoms with E-state index in [4.69, 9.17) is 5.26 Å². The lowest BCUT2D eigenvalue weighted by Gasteiger charge is -2.50. The number of hydrogen-bond donors (Lipinski definition) is 0. The second kappa shape index (κ2) is 10.9. The molecule has 0 amide bonds. The molecule has 38 heavy (non-hydrogen) atoms. The summed E-state index contributed by atoms with van der Waals surface area (Å²) >= 11 is 0. The highest BCUT2D eigenvalue weighted by Gasteiger charge is 2.48. The number of halogens is 1. The Morgan fingerprint density at radius 1 is 0.974 bits per heavy atom. The Morgan fingerprint density at radius 2 is 1.71 bits per heavy atom. The predicted octanol–water partition coefficient (Wildman–Crippen LogP) is 5.87. The normalized spacial score (nSPS) is 21.2. The number of rotatable bonds is 8. The number of imidazole rings is 1. The average Bonchev–Trinajstić information content (AvgIpc) is 3.65. The van der Waals surface area contributed by atoms with Crippen molar-refractivity contribution >= 4 is 5.69 Å². The minimum absolute atomic E-state index is 0.0613. The molecule has 6 heteroatoms. The molecule has 5 nitrogen and oxygen atoms in total. The molecular weight excluding hydrogens is 473 g/mol. The van der Waals surface area contributed by atoms with Gasteiger partial charge in [0.15, 0.2) is 0 Å². The van der Waals surface area contributed by atoms with Crippen molar-refractivity contribution in [3.8, 4) is 6.07 Å². The van der Waals surface area contributed by atoms with E-state index in [0.717, 1.165) is 52.1 Å². The number of anilines is 1. The van der Waals surface area contributed by atoms with E-state index >= 15 is 0 Å². The zero-order valence-corrected chi connectivity index (χ0v) is 22.2. The maximum atomic E-state index is 14.6. The first-order valence-electron chi connectivity index (χ1n) is 14.3. The lowest BCUT2D eigenvalue weighted by molar-refractivity contribution is 0.0644. The summed E-state index contributed by atoms with van der Waals surface area (Å²) in [7, 11) is 0. The molecule has 198 valence electrons. The summed E-state index contributed by atoms with van der Waals surface area (Å²) in [5, 5.41) is 9.04. The lowest BCUT2D eigenvalue weighted by Crippen LogP contribution is -2.54. The van der Waals surface area contributed by atoms with Gasteiger partial charge in [-0.15, -0.1) is 0 Å². The zero-order chi connectivity index (χ0) is 26.0. The van der Waals surface area contributed by atoms with Crippen LogP contribution in [0.15, 0.2) is 67.3 Å². The van der Waals surface area contributed by atoms with E-state index in [9.17, 15) is 4.39 Å². The fourth-order valence-corrected chi connectivity index (χ4v) is 7.69. The molecule has 3 fully saturated rings. The van der Waals surface area contributed by atoms with Gasteiger partial charge in [-0.25, -0.2) is 9.37 Å². The Bertz CT molecular complexity index is 1230. The van der Waals surface area contributed by atoms with Gasteiger partial charge in [0.2, 0.25) is 0 Å². The molecule has 0 bridgehead atoms. The molecule has 1 unspecified atom stereocenters. The van der Waals surface area contributed by atoms with E-state index in [0.29, 0.717) is 23.3 Å². The van der Waals surface area contributed by atoms with Crippen molar-refractivity contribution in [2.45, 2.75) is 50.5 Å². The fourth-order valence-electron chi connectivity index (χ4n) is 7.69. The highest BCUT2D eigenvalue weighted by Crippen LogP contribution is 2.51. The molecule has 1 aliphatic carbocycles. The number of benzene rings is 2. The summed E-state index contributed by atoms with van der Waals surface area (Å²) in [6.45, 7) is 6.44. The number of piperidine rings is 1. The van der Waals surface area contributed by atoms with Gasteiger partial charge in [-0.1, -0.05) is 25.0 Å². The molecule has 0 spiro atoms. The summed E-state index contributed by atoms with van der Waals surface area (Å²) in [6.07, 6.45) is 13.2. The molecule has 2 saturated heterocycles. The van der Waals surface area contributed by atoms with Gasteiger partial charge >= 0.3 is 0 Å². The van der Waals surface area contributed by atoms with Crippen LogP contribution in [0, 0.1) is 34.9 Å². The Hall–Kier alpha value is -3.17. The van der Waals surface area contributed by atoms with Crippen LogP contribution in [0.4, 0.5) is 10.1 Å². The second-order valence-corrected chi connectivity index (χ2v) is 11.8. The number of nitriles is 1. The van der Waals surface area contributed by atoms with E-state index in [1.54, 1.807) is 6.07 Å². The van der Waals surface area contributed by atoms with Crippen molar-refractivity contribution in [1.82, 2.24) is 14.5 Å². The number of nitrogens with zero attached hydrogens (tertiary/aromatic N) is 5. The topological polar surface area (TPSA) is 48.1 Å². The summed E-state index contributed by atoms with van der Waals surface area (Å²) < 4.78 is 16.9. The van der Waals surface area contributed by atoms with Crippen LogP contribution in [0.5, 0.6) is 0 Å². The largest absolute Gasteiger partial charge is 0.371 e. The molecule has 2 aliphatic heterocycles. The molecule has 3 aliphatic rings. The maximum absolute atomic E-state index is 14.6. The van der Waals surface area contributed by atoms with Gasteiger partial charge in [-0.3, -0.25) is 0 Å². The second-order valence-electron chi connectivity index (χ2n) is 11.8. The molecule has 3 aromatic rings. The van der Waals surface area contributed by atoms with Crippen molar-refractivity contribution in [2.24, 2.45) is 17.8 Å². The maximum Gasteiger partial charge on any atom is 0.123 e. The van der Waals surface area contributed by atoms with Crippen LogP contribution in [0.3, 0.4) is 0 Å². The van der Waals surface area contributed by atoms with Crippen molar-refractivity contribution in [1.29, 1.82) is 5.26 Å². The molecule has 1 saturated carbocycles. The van der Waals surface area contributed by atoms with Crippen LogP contribution in [0.1, 0.15) is 49.7 Å². The van der Waals surface area contributed by atoms with Crippen molar-refractivity contribution in [3.63, 3.8) is 0 Å². The summed E-state index contributed by atoms with van der Waals surface area (Å²) in [5.74, 6) is 1.68. The highest BCUT2D eigenvalue weighted by atomic mass is 19.1. The Morgan fingerprint density at radius 3 is 2.37 bits per heavy atom. The van der Waals surface area contributed by atoms with Gasteiger partial charge < -0.3 is 14.4 Å². The van der Waals surface area contributed by atoms with E-state index in [1.807, 2.05) is 36.8 Å². The summed E-state index contributed by atoms with van der Waals surface area (Å²) in [5.41, 5.74) is 3.06. The van der Waals surface area contributed by atoms with E-state index in [2.05, 4.69) is 49.8 Å². The SMILES string of the molecule is N#Cc1ccc(N2CC(CN3CCC(C(Cn4ccnc4)(c4cccc(F)c4)C4CCCC4)CC3)C2)cc1. The third kappa shape index (κ3) is 4.97. The van der Waals surface area contributed by atoms with Gasteiger partial charge in [0, 0.05) is 55.6 Å². The van der Waals surface area contributed by atoms with Crippen LogP contribution in [-0.2, 0) is 12.0 Å². The van der Waals surface area contributed by atoms with Crippen LogP contribution in [0.25, 0.3) is 0 Å². The molecular formula is C32H38FN5. The number of aromatic nitrogens is 2. The van der Waals surface area contributed by atoms with Crippen molar-refractivity contribution < 1.29 is 4.39 Å². The highest BCUT2D eigenvalue weighted by molar-refractivity contribution is 5.51.